The molecule has 0 aromatic rings. The second-order valence-corrected chi connectivity index (χ2v) is 6.50. The van der Waals surface area contributed by atoms with Crippen LogP contribution < -0.4 is 5.32 Å². The van der Waals surface area contributed by atoms with E-state index in [1.807, 2.05) is 6.92 Å². The minimum atomic E-state index is -0.168. The van der Waals surface area contributed by atoms with Crippen LogP contribution in [0, 0.1) is 11.3 Å². The van der Waals surface area contributed by atoms with E-state index in [-0.39, 0.29) is 6.10 Å². The van der Waals surface area contributed by atoms with Crippen LogP contribution in [0.25, 0.3) is 0 Å². The van der Waals surface area contributed by atoms with Gasteiger partial charge in [0.1, 0.15) is 0 Å². The Morgan fingerprint density at radius 2 is 2.37 bits per heavy atom. The first-order valence-corrected chi connectivity index (χ1v) is 7.84. The van der Waals surface area contributed by atoms with E-state index in [0.29, 0.717) is 11.3 Å². The molecule has 2 saturated heterocycles. The highest BCUT2D eigenvalue weighted by Crippen LogP contribution is 2.31. The predicted molar refractivity (Wildman–Crippen MR) is 77.3 cm³/mol. The van der Waals surface area contributed by atoms with Crippen molar-refractivity contribution in [2.75, 3.05) is 45.9 Å². The molecule has 0 aliphatic carbocycles. The molecule has 0 aromatic carbocycles. The summed E-state index contributed by atoms with van der Waals surface area (Å²) in [6, 6.07) is 0. The third-order valence-corrected chi connectivity index (χ3v) is 4.66. The maximum atomic E-state index is 9.70. The summed E-state index contributed by atoms with van der Waals surface area (Å²) < 4.78 is 5.66. The van der Waals surface area contributed by atoms with Crippen LogP contribution in [0.2, 0.25) is 0 Å². The van der Waals surface area contributed by atoms with Crippen LogP contribution >= 0.6 is 0 Å². The van der Waals surface area contributed by atoms with Crippen molar-refractivity contribution in [3.63, 3.8) is 0 Å². The van der Waals surface area contributed by atoms with Gasteiger partial charge in [0.05, 0.1) is 12.7 Å². The number of aliphatic hydroxyl groups excluding tert-OH is 1. The third kappa shape index (κ3) is 4.15. The van der Waals surface area contributed by atoms with Crippen molar-refractivity contribution in [1.29, 1.82) is 0 Å². The smallest absolute Gasteiger partial charge is 0.0552 e. The molecule has 19 heavy (non-hydrogen) atoms. The molecule has 0 saturated carbocycles. The quantitative estimate of drug-likeness (QED) is 0.680. The standard InChI is InChI=1S/C15H30N2O2/c1-3-6-16-10-15(5-8-19-12-15)11-17-7-4-14(9-17)13(2)18/h13-14,16,18H,3-12H2,1-2H3. The summed E-state index contributed by atoms with van der Waals surface area (Å²) in [7, 11) is 0. The molecule has 2 fully saturated rings. The molecular weight excluding hydrogens is 240 g/mol. The number of nitrogens with zero attached hydrogens (tertiary/aromatic N) is 1. The molecule has 0 spiro atoms. The van der Waals surface area contributed by atoms with E-state index < -0.39 is 0 Å². The summed E-state index contributed by atoms with van der Waals surface area (Å²) in [6.07, 6.45) is 3.32. The zero-order chi connectivity index (χ0) is 13.7. The van der Waals surface area contributed by atoms with Crippen molar-refractivity contribution in [2.24, 2.45) is 11.3 Å². The van der Waals surface area contributed by atoms with Crippen LogP contribution in [0.3, 0.4) is 0 Å². The molecule has 2 N–H and O–H groups in total. The van der Waals surface area contributed by atoms with Crippen molar-refractivity contribution in [3.05, 3.63) is 0 Å². The lowest BCUT2D eigenvalue weighted by Gasteiger charge is -2.32. The first-order chi connectivity index (χ1) is 9.15. The van der Waals surface area contributed by atoms with Crippen molar-refractivity contribution in [2.45, 2.75) is 39.2 Å². The minimum Gasteiger partial charge on any atom is -0.393 e. The van der Waals surface area contributed by atoms with Gasteiger partial charge in [-0.05, 0) is 45.2 Å². The summed E-state index contributed by atoms with van der Waals surface area (Å²) in [6.45, 7) is 11.4. The lowest BCUT2D eigenvalue weighted by Crippen LogP contribution is -2.44. The summed E-state index contributed by atoms with van der Waals surface area (Å²) in [5.41, 5.74) is 0.294. The topological polar surface area (TPSA) is 44.7 Å². The zero-order valence-electron chi connectivity index (χ0n) is 12.5. The molecule has 3 atom stereocenters. The molecule has 2 rings (SSSR count). The predicted octanol–water partition coefficient (Wildman–Crippen LogP) is 1.10. The van der Waals surface area contributed by atoms with E-state index in [1.165, 1.54) is 12.8 Å². The number of aliphatic hydroxyl groups is 1. The molecule has 2 heterocycles. The van der Waals surface area contributed by atoms with E-state index in [9.17, 15) is 5.11 Å². The van der Waals surface area contributed by atoms with E-state index in [1.54, 1.807) is 0 Å². The molecule has 2 aliphatic rings. The Kier molecular flexibility index (Phi) is 5.63. The van der Waals surface area contributed by atoms with Crippen LogP contribution in [0.5, 0.6) is 0 Å². The molecule has 2 aliphatic heterocycles. The number of hydrogen-bond acceptors (Lipinski definition) is 4. The fraction of sp³-hybridized carbons (Fsp3) is 1.00. The van der Waals surface area contributed by atoms with Crippen LogP contribution in [0.15, 0.2) is 0 Å². The number of ether oxygens (including phenoxy) is 1. The van der Waals surface area contributed by atoms with Crippen molar-refractivity contribution in [3.8, 4) is 0 Å². The van der Waals surface area contributed by atoms with Gasteiger partial charge in [-0.3, -0.25) is 0 Å². The highest BCUT2D eigenvalue weighted by molar-refractivity contribution is 4.91. The Morgan fingerprint density at radius 1 is 1.53 bits per heavy atom. The molecule has 112 valence electrons. The summed E-state index contributed by atoms with van der Waals surface area (Å²) in [5.74, 6) is 0.461. The molecule has 0 amide bonds. The molecular formula is C15H30N2O2. The van der Waals surface area contributed by atoms with Gasteiger partial charge in [-0.2, -0.15) is 0 Å². The molecule has 0 aromatic heterocycles. The Balaban J connectivity index is 1.83. The molecule has 0 radical (unpaired) electrons. The Hall–Kier alpha value is -0.160. The van der Waals surface area contributed by atoms with Gasteiger partial charge in [-0.15, -0.1) is 0 Å². The van der Waals surface area contributed by atoms with Gasteiger partial charge in [0.15, 0.2) is 0 Å². The maximum absolute atomic E-state index is 9.70. The molecule has 0 bridgehead atoms. The largest absolute Gasteiger partial charge is 0.393 e. The van der Waals surface area contributed by atoms with Gasteiger partial charge in [0.25, 0.3) is 0 Å². The normalized spacial score (nSPS) is 33.9. The second kappa shape index (κ2) is 7.02. The van der Waals surface area contributed by atoms with Gasteiger partial charge in [0.2, 0.25) is 0 Å². The molecule has 4 heteroatoms. The van der Waals surface area contributed by atoms with E-state index in [0.717, 1.165) is 52.4 Å². The summed E-state index contributed by atoms with van der Waals surface area (Å²) in [4.78, 5) is 2.53. The van der Waals surface area contributed by atoms with Crippen LogP contribution in [0.4, 0.5) is 0 Å². The summed E-state index contributed by atoms with van der Waals surface area (Å²) >= 11 is 0. The minimum absolute atomic E-state index is 0.168. The van der Waals surface area contributed by atoms with E-state index in [4.69, 9.17) is 4.74 Å². The number of likely N-dealkylation sites (tertiary alicyclic amines) is 1. The SMILES string of the molecule is CCCNCC1(CN2CCC(C(C)O)C2)CCOC1. The van der Waals surface area contributed by atoms with Crippen molar-refractivity contribution >= 4 is 0 Å². The van der Waals surface area contributed by atoms with Gasteiger partial charge < -0.3 is 20.1 Å². The Bertz CT molecular complexity index is 265. The monoisotopic (exact) mass is 270 g/mol. The highest BCUT2D eigenvalue weighted by atomic mass is 16.5. The lowest BCUT2D eigenvalue weighted by atomic mass is 9.86. The van der Waals surface area contributed by atoms with Crippen LogP contribution in [-0.4, -0.2) is 62.0 Å². The van der Waals surface area contributed by atoms with Gasteiger partial charge in [0, 0.05) is 31.7 Å². The van der Waals surface area contributed by atoms with Gasteiger partial charge >= 0.3 is 0 Å². The molecule has 3 unspecified atom stereocenters. The zero-order valence-corrected chi connectivity index (χ0v) is 12.5. The highest BCUT2D eigenvalue weighted by Gasteiger charge is 2.38. The number of hydrogen-bond donors (Lipinski definition) is 2. The van der Waals surface area contributed by atoms with Gasteiger partial charge in [-0.1, -0.05) is 6.92 Å². The lowest BCUT2D eigenvalue weighted by molar-refractivity contribution is 0.102. The fourth-order valence-corrected chi connectivity index (χ4v) is 3.37. The number of nitrogens with one attached hydrogen (secondary N) is 1. The van der Waals surface area contributed by atoms with E-state index in [2.05, 4.69) is 17.1 Å². The molecule has 4 nitrogen and oxygen atoms in total. The van der Waals surface area contributed by atoms with Crippen LogP contribution in [-0.2, 0) is 4.74 Å². The first-order valence-electron chi connectivity index (χ1n) is 7.84. The van der Waals surface area contributed by atoms with Crippen molar-refractivity contribution in [1.82, 2.24) is 10.2 Å². The van der Waals surface area contributed by atoms with Crippen molar-refractivity contribution < 1.29 is 9.84 Å². The first kappa shape index (κ1) is 15.2. The van der Waals surface area contributed by atoms with E-state index >= 15 is 0 Å². The number of rotatable bonds is 7. The Labute approximate surface area is 117 Å². The fourth-order valence-electron chi connectivity index (χ4n) is 3.37. The average Bonchev–Trinajstić information content (AvgIpc) is 3.00. The summed E-state index contributed by atoms with van der Waals surface area (Å²) in [5, 5.41) is 13.3. The second-order valence-electron chi connectivity index (χ2n) is 6.50. The average molecular weight is 270 g/mol. The van der Waals surface area contributed by atoms with Crippen LogP contribution in [0.1, 0.15) is 33.1 Å². The third-order valence-electron chi connectivity index (χ3n) is 4.66. The maximum Gasteiger partial charge on any atom is 0.0552 e. The Morgan fingerprint density at radius 3 is 2.95 bits per heavy atom. The van der Waals surface area contributed by atoms with Gasteiger partial charge in [-0.25, -0.2) is 0 Å².